The van der Waals surface area contributed by atoms with Crippen LogP contribution in [0.5, 0.6) is 5.75 Å². The third-order valence-corrected chi connectivity index (χ3v) is 6.23. The van der Waals surface area contributed by atoms with Gasteiger partial charge in [0.25, 0.3) is 11.8 Å². The van der Waals surface area contributed by atoms with E-state index >= 15 is 0 Å². The van der Waals surface area contributed by atoms with E-state index in [1.54, 1.807) is 0 Å². The van der Waals surface area contributed by atoms with Gasteiger partial charge in [0.05, 0.1) is 12.6 Å². The molecule has 1 aliphatic carbocycles. The molecule has 8 nitrogen and oxygen atoms in total. The largest absolute Gasteiger partial charge is 0.503 e. The van der Waals surface area contributed by atoms with Crippen LogP contribution in [0.25, 0.3) is 0 Å². The zero-order valence-corrected chi connectivity index (χ0v) is 19.6. The van der Waals surface area contributed by atoms with Crippen LogP contribution < -0.4 is 10.7 Å². The molecule has 5 rings (SSSR count). The minimum Gasteiger partial charge on any atom is -0.503 e. The van der Waals surface area contributed by atoms with Crippen LogP contribution >= 0.6 is 0 Å². The molecule has 33 heavy (non-hydrogen) atoms. The van der Waals surface area contributed by atoms with E-state index in [1.807, 2.05) is 0 Å². The Morgan fingerprint density at radius 1 is 1.18 bits per heavy atom. The fourth-order valence-corrected chi connectivity index (χ4v) is 4.72. The van der Waals surface area contributed by atoms with Gasteiger partial charge in [0, 0.05) is 66.0 Å². The van der Waals surface area contributed by atoms with Gasteiger partial charge in [-0.25, -0.2) is 13.2 Å². The van der Waals surface area contributed by atoms with Gasteiger partial charge >= 0.3 is 0 Å². The normalized spacial score (nSPS) is 22.9. The predicted molar refractivity (Wildman–Crippen MR) is 108 cm³/mol. The minimum absolute atomic E-state index is 0. The molecule has 1 aromatic heterocycles. The van der Waals surface area contributed by atoms with E-state index in [9.17, 15) is 32.7 Å². The minimum atomic E-state index is -1.19. The SMILES string of the molecule is O=C(NCc1c(F)cc(F)cc1F)c1cn2c(c(O)c1=O)C(=O)N1C3CCC(C3)OC1C2.[Na]. The third-order valence-electron chi connectivity index (χ3n) is 6.23. The summed E-state index contributed by atoms with van der Waals surface area (Å²) >= 11 is 0. The summed E-state index contributed by atoms with van der Waals surface area (Å²) in [5.41, 5.74) is -2.40. The Morgan fingerprint density at radius 3 is 2.58 bits per heavy atom. The van der Waals surface area contributed by atoms with Crippen molar-refractivity contribution in [2.75, 3.05) is 0 Å². The Labute approximate surface area is 207 Å². The Bertz CT molecular complexity index is 1200. The number of pyridine rings is 1. The molecule has 1 radical (unpaired) electrons. The molecule has 3 aliphatic rings. The smallest absolute Gasteiger partial charge is 0.276 e. The number of carbonyl (C=O) groups excluding carboxylic acids is 2. The van der Waals surface area contributed by atoms with Crippen molar-refractivity contribution in [2.45, 2.75) is 50.7 Å². The quantitative estimate of drug-likeness (QED) is 0.656. The standard InChI is InChI=1S/C21H18F3N3O5.Na/c22-9-3-14(23)12(15(24)4-9)6-25-20(30)13-7-26-8-16-27(10-1-2-11(5-10)32-16)21(31)17(26)19(29)18(13)28;/h3-4,7,10-11,16,29H,1-2,5-6,8H2,(H,25,30);. The van der Waals surface area contributed by atoms with Crippen molar-refractivity contribution in [1.29, 1.82) is 0 Å². The van der Waals surface area contributed by atoms with Crippen LogP contribution in [0, 0.1) is 17.5 Å². The number of hydrogen-bond donors (Lipinski definition) is 2. The first-order valence-electron chi connectivity index (χ1n) is 10.1. The maximum atomic E-state index is 13.8. The van der Waals surface area contributed by atoms with Crippen LogP contribution in [0.3, 0.4) is 0 Å². The zero-order valence-electron chi connectivity index (χ0n) is 17.6. The van der Waals surface area contributed by atoms with Crippen LogP contribution in [-0.4, -0.2) is 74.3 Å². The summed E-state index contributed by atoms with van der Waals surface area (Å²) in [6.07, 6.45) is 2.86. The van der Waals surface area contributed by atoms with E-state index in [0.29, 0.717) is 18.6 Å². The van der Waals surface area contributed by atoms with Gasteiger partial charge in [-0.15, -0.1) is 0 Å². The van der Waals surface area contributed by atoms with Crippen molar-refractivity contribution in [2.24, 2.45) is 0 Å². The van der Waals surface area contributed by atoms with E-state index in [2.05, 4.69) is 5.32 Å². The monoisotopic (exact) mass is 472 g/mol. The van der Waals surface area contributed by atoms with E-state index in [4.69, 9.17) is 4.74 Å². The first-order chi connectivity index (χ1) is 15.2. The van der Waals surface area contributed by atoms with E-state index in [-0.39, 0.29) is 53.9 Å². The number of carbonyl (C=O) groups is 2. The number of aromatic hydroxyl groups is 1. The predicted octanol–water partition coefficient (Wildman–Crippen LogP) is 1.25. The second-order valence-corrected chi connectivity index (χ2v) is 8.14. The van der Waals surface area contributed by atoms with Gasteiger partial charge in [-0.1, -0.05) is 0 Å². The fourth-order valence-electron chi connectivity index (χ4n) is 4.72. The summed E-state index contributed by atoms with van der Waals surface area (Å²) in [7, 11) is 0. The average molecular weight is 472 g/mol. The Morgan fingerprint density at radius 2 is 1.88 bits per heavy atom. The van der Waals surface area contributed by atoms with Crippen LogP contribution in [0.1, 0.15) is 45.7 Å². The van der Waals surface area contributed by atoms with Crippen molar-refractivity contribution < 1.29 is 32.6 Å². The second-order valence-electron chi connectivity index (χ2n) is 8.14. The number of hydrogen-bond acceptors (Lipinski definition) is 5. The van der Waals surface area contributed by atoms with Gasteiger partial charge in [0.2, 0.25) is 5.43 Å². The van der Waals surface area contributed by atoms with E-state index < -0.39 is 64.3 Å². The molecule has 1 aromatic carbocycles. The molecule has 2 fully saturated rings. The topological polar surface area (TPSA) is 101 Å². The molecule has 3 heterocycles. The van der Waals surface area contributed by atoms with Crippen LogP contribution in [-0.2, 0) is 17.8 Å². The summed E-state index contributed by atoms with van der Waals surface area (Å²) in [6.45, 7) is -0.538. The molecular weight excluding hydrogens is 454 g/mol. The van der Waals surface area contributed by atoms with Gasteiger partial charge in [-0.05, 0) is 19.3 Å². The Kier molecular flexibility index (Phi) is 6.34. The number of halogens is 3. The molecule has 169 valence electrons. The fraction of sp³-hybridized carbons (Fsp3) is 0.381. The Hall–Kier alpha value is -2.34. The molecular formula is C21H18F3N3NaO5. The molecule has 2 N–H and O–H groups in total. The first-order valence-corrected chi connectivity index (χ1v) is 10.1. The molecule has 2 amide bonds. The van der Waals surface area contributed by atoms with Crippen molar-refractivity contribution in [1.82, 2.24) is 14.8 Å². The van der Waals surface area contributed by atoms with Crippen LogP contribution in [0.2, 0.25) is 0 Å². The molecule has 2 aromatic rings. The summed E-state index contributed by atoms with van der Waals surface area (Å²) in [5, 5.41) is 12.6. The molecule has 3 atom stereocenters. The number of aromatic nitrogens is 1. The maximum absolute atomic E-state index is 13.8. The van der Waals surface area contributed by atoms with E-state index in [1.165, 1.54) is 9.47 Å². The number of nitrogens with zero attached hydrogens (tertiary/aromatic N) is 2. The van der Waals surface area contributed by atoms with Gasteiger partial charge < -0.3 is 24.6 Å². The maximum Gasteiger partial charge on any atom is 0.276 e. The van der Waals surface area contributed by atoms with Crippen molar-refractivity contribution >= 4 is 41.4 Å². The number of ether oxygens (including phenoxy) is 1. The first kappa shape index (κ1) is 23.8. The van der Waals surface area contributed by atoms with Gasteiger partial charge in [0.1, 0.15) is 23.0 Å². The number of fused-ring (bicyclic) bond motifs is 5. The molecule has 2 aliphatic heterocycles. The average Bonchev–Trinajstić information content (AvgIpc) is 3.10. The summed E-state index contributed by atoms with van der Waals surface area (Å²) < 4.78 is 47.9. The van der Waals surface area contributed by atoms with Crippen molar-refractivity contribution in [3.05, 3.63) is 62.8 Å². The molecule has 12 heteroatoms. The van der Waals surface area contributed by atoms with Gasteiger partial charge in [0.15, 0.2) is 17.7 Å². The number of amides is 2. The van der Waals surface area contributed by atoms with Gasteiger partial charge in [-0.3, -0.25) is 14.4 Å². The molecule has 1 saturated heterocycles. The summed E-state index contributed by atoms with van der Waals surface area (Å²) in [4.78, 5) is 39.7. The van der Waals surface area contributed by atoms with Crippen molar-refractivity contribution in [3.63, 3.8) is 0 Å². The van der Waals surface area contributed by atoms with Crippen molar-refractivity contribution in [3.8, 4) is 5.75 Å². The molecule has 3 unspecified atom stereocenters. The second kappa shape index (κ2) is 8.79. The Balaban J connectivity index is 0.00000259. The molecule has 0 spiro atoms. The zero-order chi connectivity index (χ0) is 22.7. The van der Waals surface area contributed by atoms with Crippen LogP contribution in [0.4, 0.5) is 13.2 Å². The number of rotatable bonds is 3. The summed E-state index contributed by atoms with van der Waals surface area (Å²) in [6, 6.07) is 0.912. The number of benzene rings is 1. The third kappa shape index (κ3) is 3.96. The molecule has 1 saturated carbocycles. The van der Waals surface area contributed by atoms with E-state index in [0.717, 1.165) is 19.0 Å². The van der Waals surface area contributed by atoms with Crippen LogP contribution in [0.15, 0.2) is 23.1 Å². The number of nitrogens with one attached hydrogen (secondary N) is 1. The van der Waals surface area contributed by atoms with Gasteiger partial charge in [-0.2, -0.15) is 0 Å². The molecule has 2 bridgehead atoms. The summed E-state index contributed by atoms with van der Waals surface area (Å²) in [5.74, 6) is -5.93.